The maximum Gasteiger partial charge on any atom is 0.244 e. The van der Waals surface area contributed by atoms with E-state index in [0.717, 1.165) is 29.0 Å². The normalized spacial score (nSPS) is 20.8. The molecule has 114 valence electrons. The van der Waals surface area contributed by atoms with Crippen molar-refractivity contribution in [3.63, 3.8) is 0 Å². The first-order valence-corrected chi connectivity index (χ1v) is 9.31. The second-order valence-electron chi connectivity index (χ2n) is 6.26. The van der Waals surface area contributed by atoms with Crippen LogP contribution in [0.4, 0.5) is 0 Å². The van der Waals surface area contributed by atoms with Gasteiger partial charge in [-0.15, -0.1) is 11.3 Å². The van der Waals surface area contributed by atoms with Crippen LogP contribution < -0.4 is 5.73 Å². The van der Waals surface area contributed by atoms with Crippen molar-refractivity contribution in [2.75, 3.05) is 13.1 Å². The molecule has 0 radical (unpaired) electrons. The molecule has 1 aromatic heterocycles. The molecule has 1 aromatic rings. The number of aryl methyl sites for hydroxylation is 1. The topological polar surface area (TPSA) is 63.4 Å². The van der Waals surface area contributed by atoms with Crippen LogP contribution >= 0.6 is 11.3 Å². The van der Waals surface area contributed by atoms with Gasteiger partial charge in [-0.2, -0.15) is 4.31 Å². The molecule has 0 aromatic carbocycles. The molecule has 0 amide bonds. The first-order chi connectivity index (χ1) is 9.26. The highest BCUT2D eigenvalue weighted by atomic mass is 32.2. The van der Waals surface area contributed by atoms with Crippen molar-refractivity contribution >= 4 is 21.4 Å². The van der Waals surface area contributed by atoms with E-state index >= 15 is 0 Å². The fourth-order valence-corrected chi connectivity index (χ4v) is 5.62. The van der Waals surface area contributed by atoms with E-state index in [0.29, 0.717) is 24.5 Å². The van der Waals surface area contributed by atoms with E-state index in [1.807, 2.05) is 6.92 Å². The van der Waals surface area contributed by atoms with Crippen LogP contribution in [0.3, 0.4) is 0 Å². The van der Waals surface area contributed by atoms with Crippen LogP contribution in [0.15, 0.2) is 11.0 Å². The Balaban J connectivity index is 2.28. The number of nitrogens with zero attached hydrogens (tertiary/aromatic N) is 1. The van der Waals surface area contributed by atoms with Gasteiger partial charge in [0, 0.05) is 29.4 Å². The van der Waals surface area contributed by atoms with E-state index < -0.39 is 10.0 Å². The van der Waals surface area contributed by atoms with Crippen molar-refractivity contribution in [3.05, 3.63) is 15.8 Å². The minimum atomic E-state index is -3.37. The molecule has 1 aliphatic heterocycles. The van der Waals surface area contributed by atoms with Gasteiger partial charge in [-0.1, -0.05) is 13.8 Å². The lowest BCUT2D eigenvalue weighted by molar-refractivity contribution is 0.315. The second-order valence-corrected chi connectivity index (χ2v) is 9.51. The van der Waals surface area contributed by atoms with Crippen LogP contribution in [0.1, 0.15) is 42.9 Å². The lowest BCUT2D eigenvalue weighted by atomic mass is 9.85. The van der Waals surface area contributed by atoms with Gasteiger partial charge in [0.25, 0.3) is 0 Å². The molecule has 2 rings (SSSR count). The monoisotopic (exact) mass is 316 g/mol. The van der Waals surface area contributed by atoms with Crippen LogP contribution in [0.25, 0.3) is 0 Å². The quantitative estimate of drug-likeness (QED) is 0.932. The Morgan fingerprint density at radius 3 is 2.65 bits per heavy atom. The summed E-state index contributed by atoms with van der Waals surface area (Å²) in [7, 11) is -3.37. The van der Waals surface area contributed by atoms with Gasteiger partial charge < -0.3 is 5.73 Å². The van der Waals surface area contributed by atoms with Crippen LogP contribution in [-0.4, -0.2) is 25.8 Å². The summed E-state index contributed by atoms with van der Waals surface area (Å²) in [5.41, 5.74) is 5.85. The van der Waals surface area contributed by atoms with Gasteiger partial charge in [0.2, 0.25) is 10.0 Å². The van der Waals surface area contributed by atoms with Gasteiger partial charge in [0.05, 0.1) is 4.90 Å². The van der Waals surface area contributed by atoms with Gasteiger partial charge in [-0.25, -0.2) is 8.42 Å². The molecular formula is C14H24N2O2S2. The molecule has 6 heteroatoms. The second kappa shape index (κ2) is 5.75. The van der Waals surface area contributed by atoms with Gasteiger partial charge in [0.15, 0.2) is 0 Å². The third-order valence-corrected chi connectivity index (χ3v) is 7.27. The van der Waals surface area contributed by atoms with Gasteiger partial charge >= 0.3 is 0 Å². The van der Waals surface area contributed by atoms with E-state index in [9.17, 15) is 8.42 Å². The number of nitrogens with two attached hydrogens (primary N) is 1. The van der Waals surface area contributed by atoms with Crippen LogP contribution in [-0.2, 0) is 16.6 Å². The van der Waals surface area contributed by atoms with Gasteiger partial charge in [0.1, 0.15) is 0 Å². The molecule has 1 aliphatic rings. The van der Waals surface area contributed by atoms with Crippen molar-refractivity contribution in [2.45, 2.75) is 51.5 Å². The third-order valence-electron chi connectivity index (χ3n) is 4.04. The van der Waals surface area contributed by atoms with Crippen molar-refractivity contribution < 1.29 is 8.42 Å². The first kappa shape index (κ1) is 15.9. The molecule has 4 nitrogen and oxygen atoms in total. The number of sulfonamides is 1. The number of hydrogen-bond donors (Lipinski definition) is 1. The molecule has 2 N–H and O–H groups in total. The van der Waals surface area contributed by atoms with E-state index in [2.05, 4.69) is 13.8 Å². The van der Waals surface area contributed by atoms with E-state index in [1.54, 1.807) is 10.4 Å². The fourth-order valence-electron chi connectivity index (χ4n) is 2.66. The Morgan fingerprint density at radius 1 is 1.35 bits per heavy atom. The lowest BCUT2D eigenvalue weighted by Gasteiger charge is -2.23. The summed E-state index contributed by atoms with van der Waals surface area (Å²) in [4.78, 5) is 2.22. The molecule has 0 aliphatic carbocycles. The highest BCUT2D eigenvalue weighted by molar-refractivity contribution is 7.89. The summed E-state index contributed by atoms with van der Waals surface area (Å²) in [6.07, 6.45) is 2.92. The van der Waals surface area contributed by atoms with Gasteiger partial charge in [-0.3, -0.25) is 0 Å². The minimum absolute atomic E-state index is 0.233. The van der Waals surface area contributed by atoms with Gasteiger partial charge in [-0.05, 0) is 37.7 Å². The van der Waals surface area contributed by atoms with Crippen molar-refractivity contribution in [2.24, 2.45) is 11.1 Å². The van der Waals surface area contributed by atoms with E-state index in [4.69, 9.17) is 5.73 Å². The zero-order chi connectivity index (χ0) is 15.0. The Morgan fingerprint density at radius 2 is 2.05 bits per heavy atom. The average molecular weight is 316 g/mol. The number of hydrogen-bond acceptors (Lipinski definition) is 4. The fraction of sp³-hybridized carbons (Fsp3) is 0.714. The Labute approximate surface area is 126 Å². The largest absolute Gasteiger partial charge is 0.326 e. The SMILES string of the molecule is Cc1sc(CN)cc1S(=O)(=O)N1CCCC(C)(C)CC1. The summed E-state index contributed by atoms with van der Waals surface area (Å²) in [6, 6.07) is 1.74. The standard InChI is InChI=1S/C14H24N2O2S2/c1-11-13(9-12(10-15)19-11)20(17,18)16-7-4-5-14(2,3)6-8-16/h9H,4-8,10,15H2,1-3H3. The first-order valence-electron chi connectivity index (χ1n) is 7.06. The smallest absolute Gasteiger partial charge is 0.244 e. The Kier molecular flexibility index (Phi) is 4.59. The van der Waals surface area contributed by atoms with Crippen LogP contribution in [0, 0.1) is 12.3 Å². The molecule has 0 atom stereocenters. The molecule has 0 saturated carbocycles. The maximum absolute atomic E-state index is 12.8. The molecule has 0 unspecified atom stereocenters. The molecule has 1 saturated heterocycles. The lowest BCUT2D eigenvalue weighted by Crippen LogP contribution is -2.32. The summed E-state index contributed by atoms with van der Waals surface area (Å²) >= 11 is 1.48. The highest BCUT2D eigenvalue weighted by Gasteiger charge is 2.31. The number of rotatable bonds is 3. The summed E-state index contributed by atoms with van der Waals surface area (Å²) < 4.78 is 27.2. The number of thiophene rings is 1. The molecular weight excluding hydrogens is 292 g/mol. The zero-order valence-electron chi connectivity index (χ0n) is 12.5. The third kappa shape index (κ3) is 3.24. The average Bonchev–Trinajstić information content (AvgIpc) is 2.64. The molecule has 20 heavy (non-hydrogen) atoms. The summed E-state index contributed by atoms with van der Waals surface area (Å²) in [5, 5.41) is 0. The van der Waals surface area contributed by atoms with Crippen molar-refractivity contribution in [3.8, 4) is 0 Å². The maximum atomic E-state index is 12.8. The van der Waals surface area contributed by atoms with Crippen molar-refractivity contribution in [1.82, 2.24) is 4.31 Å². The molecule has 2 heterocycles. The van der Waals surface area contributed by atoms with Crippen LogP contribution in [0.5, 0.6) is 0 Å². The molecule has 0 bridgehead atoms. The van der Waals surface area contributed by atoms with E-state index in [1.165, 1.54) is 11.3 Å². The highest BCUT2D eigenvalue weighted by Crippen LogP contribution is 2.33. The van der Waals surface area contributed by atoms with Crippen LogP contribution in [0.2, 0.25) is 0 Å². The zero-order valence-corrected chi connectivity index (χ0v) is 14.1. The minimum Gasteiger partial charge on any atom is -0.326 e. The molecule has 0 spiro atoms. The van der Waals surface area contributed by atoms with E-state index in [-0.39, 0.29) is 5.41 Å². The summed E-state index contributed by atoms with van der Waals surface area (Å²) in [6.45, 7) is 7.92. The predicted octanol–water partition coefficient (Wildman–Crippen LogP) is 2.72. The Bertz CT molecular complexity index is 576. The molecule has 1 fully saturated rings. The van der Waals surface area contributed by atoms with Crippen molar-refractivity contribution in [1.29, 1.82) is 0 Å². The predicted molar refractivity (Wildman–Crippen MR) is 83.3 cm³/mol. The summed E-state index contributed by atoms with van der Waals surface area (Å²) in [5.74, 6) is 0. The Hall–Kier alpha value is -0.430.